The number of aryl methyl sites for hydroxylation is 1. The van der Waals surface area contributed by atoms with Gasteiger partial charge in [0.15, 0.2) is 0 Å². The Morgan fingerprint density at radius 1 is 1.11 bits per heavy atom. The van der Waals surface area contributed by atoms with E-state index in [9.17, 15) is 23.1 Å². The fraction of sp³-hybridized carbons (Fsp3) is 0.440. The molecule has 0 unspecified atom stereocenters. The number of phenols is 1. The zero-order valence-corrected chi connectivity index (χ0v) is 19.7. The number of rotatable bonds is 7. The van der Waals surface area contributed by atoms with Crippen LogP contribution >= 0.6 is 0 Å². The number of nitrogens with one attached hydrogen (secondary N) is 2. The van der Waals surface area contributed by atoms with E-state index in [2.05, 4.69) is 20.4 Å². The molecule has 0 atom stereocenters. The number of piperazine rings is 1. The van der Waals surface area contributed by atoms with Gasteiger partial charge in [-0.25, -0.2) is 0 Å². The van der Waals surface area contributed by atoms with E-state index in [1.807, 2.05) is 18.2 Å². The zero-order valence-electron chi connectivity index (χ0n) is 19.7. The van der Waals surface area contributed by atoms with Gasteiger partial charge in [-0.2, -0.15) is 18.3 Å². The number of ether oxygens (including phenoxy) is 1. The van der Waals surface area contributed by atoms with Crippen LogP contribution in [0.15, 0.2) is 30.3 Å². The van der Waals surface area contributed by atoms with E-state index in [-0.39, 0.29) is 23.4 Å². The van der Waals surface area contributed by atoms with Crippen molar-refractivity contribution in [3.05, 3.63) is 52.7 Å². The summed E-state index contributed by atoms with van der Waals surface area (Å²) in [6, 6.07) is 8.54. The van der Waals surface area contributed by atoms with Gasteiger partial charge in [0.2, 0.25) is 0 Å². The molecule has 36 heavy (non-hydrogen) atoms. The maximum atomic E-state index is 13.3. The Labute approximate surface area is 206 Å². The minimum atomic E-state index is -4.31. The third-order valence-electron chi connectivity index (χ3n) is 6.71. The number of fused-ring (bicyclic) bond motifs is 2. The van der Waals surface area contributed by atoms with Gasteiger partial charge >= 0.3 is 6.18 Å². The van der Waals surface area contributed by atoms with Crippen molar-refractivity contribution in [2.24, 2.45) is 0 Å². The van der Waals surface area contributed by atoms with Crippen molar-refractivity contribution in [3.63, 3.8) is 0 Å². The SMILES string of the molecule is O=C(c1cc2c(CCC(F)(F)F)n[nH]c2cc1O)N1Cc2ccc(OCCN3CCNCC3)cc2C1. The van der Waals surface area contributed by atoms with Gasteiger partial charge in [0.25, 0.3) is 5.91 Å². The highest BCUT2D eigenvalue weighted by Crippen LogP contribution is 2.32. The average molecular weight is 504 g/mol. The number of alkyl halides is 3. The molecule has 2 aromatic carbocycles. The van der Waals surface area contributed by atoms with E-state index in [1.165, 1.54) is 12.1 Å². The number of H-pyrrole nitrogens is 1. The Morgan fingerprint density at radius 2 is 1.89 bits per heavy atom. The van der Waals surface area contributed by atoms with Crippen molar-refractivity contribution in [1.29, 1.82) is 0 Å². The van der Waals surface area contributed by atoms with Crippen LogP contribution in [0.1, 0.15) is 33.6 Å². The summed E-state index contributed by atoms with van der Waals surface area (Å²) in [5.41, 5.74) is 2.60. The summed E-state index contributed by atoms with van der Waals surface area (Å²) in [4.78, 5) is 17.2. The van der Waals surface area contributed by atoms with Crippen LogP contribution in [0.25, 0.3) is 10.9 Å². The van der Waals surface area contributed by atoms with Crippen molar-refractivity contribution in [2.45, 2.75) is 32.1 Å². The van der Waals surface area contributed by atoms with E-state index in [1.54, 1.807) is 4.90 Å². The summed E-state index contributed by atoms with van der Waals surface area (Å²) in [6.07, 6.45) is -5.64. The van der Waals surface area contributed by atoms with Crippen LogP contribution in [0.3, 0.4) is 0 Å². The molecule has 2 aliphatic heterocycles. The summed E-state index contributed by atoms with van der Waals surface area (Å²) in [5, 5.41) is 20.8. The number of aromatic nitrogens is 2. The van der Waals surface area contributed by atoms with Gasteiger partial charge in [0, 0.05) is 70.1 Å². The fourth-order valence-electron chi connectivity index (χ4n) is 4.73. The largest absolute Gasteiger partial charge is 0.507 e. The van der Waals surface area contributed by atoms with E-state index in [0.717, 1.165) is 49.6 Å². The van der Waals surface area contributed by atoms with E-state index in [4.69, 9.17) is 4.74 Å². The fourth-order valence-corrected chi connectivity index (χ4v) is 4.73. The lowest BCUT2D eigenvalue weighted by Gasteiger charge is -2.26. The maximum Gasteiger partial charge on any atom is 0.389 e. The Kier molecular flexibility index (Phi) is 6.76. The normalized spacial score (nSPS) is 16.5. The highest BCUT2D eigenvalue weighted by atomic mass is 19.4. The number of aromatic hydroxyl groups is 1. The van der Waals surface area contributed by atoms with Crippen LogP contribution in [0.2, 0.25) is 0 Å². The number of amides is 1. The van der Waals surface area contributed by atoms with E-state index < -0.39 is 18.5 Å². The van der Waals surface area contributed by atoms with Crippen molar-refractivity contribution in [2.75, 3.05) is 39.3 Å². The molecule has 0 radical (unpaired) electrons. The van der Waals surface area contributed by atoms with Gasteiger partial charge in [0.1, 0.15) is 18.1 Å². The first-order valence-electron chi connectivity index (χ1n) is 12.0. The molecule has 3 aromatic rings. The highest BCUT2D eigenvalue weighted by molar-refractivity contribution is 6.01. The molecule has 3 N–H and O–H groups in total. The molecule has 1 saturated heterocycles. The predicted octanol–water partition coefficient (Wildman–Crippen LogP) is 3.20. The smallest absolute Gasteiger partial charge is 0.389 e. The van der Waals surface area contributed by atoms with Gasteiger partial charge in [-0.1, -0.05) is 6.07 Å². The van der Waals surface area contributed by atoms with E-state index >= 15 is 0 Å². The molecule has 5 rings (SSSR count). The van der Waals surface area contributed by atoms with Crippen molar-refractivity contribution in [1.82, 2.24) is 25.3 Å². The molecule has 0 saturated carbocycles. The van der Waals surface area contributed by atoms with Crippen LogP contribution in [0.5, 0.6) is 11.5 Å². The van der Waals surface area contributed by atoms with Crippen molar-refractivity contribution >= 4 is 16.8 Å². The van der Waals surface area contributed by atoms with Gasteiger partial charge in [-0.15, -0.1) is 0 Å². The molecule has 1 amide bonds. The lowest BCUT2D eigenvalue weighted by atomic mass is 10.1. The molecule has 0 bridgehead atoms. The number of phenolic OH excluding ortho intramolecular Hbond substituents is 1. The zero-order chi connectivity index (χ0) is 25.3. The minimum Gasteiger partial charge on any atom is -0.507 e. The number of carbonyl (C=O) groups excluding carboxylic acids is 1. The minimum absolute atomic E-state index is 0.0393. The van der Waals surface area contributed by atoms with Gasteiger partial charge in [0.05, 0.1) is 16.8 Å². The standard InChI is InChI=1S/C25H28F3N5O3/c26-25(27,28)4-3-21-19-12-20(23(34)13-22(19)31-30-21)24(35)33-14-16-1-2-18(11-17(16)15-33)36-10-9-32-7-5-29-6-8-32/h1-2,11-13,29,34H,3-10,14-15H2,(H,30,31). The van der Waals surface area contributed by atoms with Crippen molar-refractivity contribution < 1.29 is 27.8 Å². The number of halogens is 3. The Morgan fingerprint density at radius 3 is 2.67 bits per heavy atom. The molecule has 1 aromatic heterocycles. The average Bonchev–Trinajstić information content (AvgIpc) is 3.45. The van der Waals surface area contributed by atoms with Gasteiger partial charge in [-0.05, 0) is 29.3 Å². The van der Waals surface area contributed by atoms with Crippen LogP contribution < -0.4 is 10.1 Å². The molecule has 1 fully saturated rings. The maximum absolute atomic E-state index is 13.3. The summed E-state index contributed by atoms with van der Waals surface area (Å²) in [7, 11) is 0. The molecular weight excluding hydrogens is 475 g/mol. The Bertz CT molecular complexity index is 1250. The Hall–Kier alpha value is -3.31. The number of aromatic amines is 1. The number of hydrogen-bond acceptors (Lipinski definition) is 6. The number of nitrogens with zero attached hydrogens (tertiary/aromatic N) is 3. The molecule has 3 heterocycles. The molecule has 2 aliphatic rings. The Balaban J connectivity index is 1.25. The molecule has 11 heteroatoms. The van der Waals surface area contributed by atoms with Gasteiger partial charge < -0.3 is 20.1 Å². The third kappa shape index (κ3) is 5.41. The van der Waals surface area contributed by atoms with Gasteiger partial charge in [-0.3, -0.25) is 14.8 Å². The quantitative estimate of drug-likeness (QED) is 0.459. The van der Waals surface area contributed by atoms with E-state index in [0.29, 0.717) is 30.6 Å². The summed E-state index contributed by atoms with van der Waals surface area (Å²) in [6.45, 7) is 6.14. The predicted molar refractivity (Wildman–Crippen MR) is 127 cm³/mol. The second kappa shape index (κ2) is 9.98. The van der Waals surface area contributed by atoms with Crippen LogP contribution in [-0.4, -0.2) is 76.5 Å². The molecule has 192 valence electrons. The summed E-state index contributed by atoms with van der Waals surface area (Å²) < 4.78 is 44.0. The lowest BCUT2D eigenvalue weighted by molar-refractivity contribution is -0.134. The number of benzene rings is 2. The molecule has 0 spiro atoms. The molecule has 8 nitrogen and oxygen atoms in total. The summed E-state index contributed by atoms with van der Waals surface area (Å²) in [5.74, 6) is 0.108. The molecular formula is C25H28F3N5O3. The lowest BCUT2D eigenvalue weighted by Crippen LogP contribution is -2.44. The van der Waals surface area contributed by atoms with Crippen LogP contribution in [0.4, 0.5) is 13.2 Å². The molecule has 0 aliphatic carbocycles. The number of carbonyl (C=O) groups is 1. The van der Waals surface area contributed by atoms with Crippen LogP contribution in [0, 0.1) is 0 Å². The summed E-state index contributed by atoms with van der Waals surface area (Å²) >= 11 is 0. The first kappa shape index (κ1) is 24.4. The van der Waals surface area contributed by atoms with Crippen molar-refractivity contribution in [3.8, 4) is 11.5 Å². The third-order valence-corrected chi connectivity index (χ3v) is 6.71. The number of hydrogen-bond donors (Lipinski definition) is 3. The monoisotopic (exact) mass is 503 g/mol. The topological polar surface area (TPSA) is 93.7 Å². The van der Waals surface area contributed by atoms with Crippen LogP contribution in [-0.2, 0) is 19.5 Å². The first-order valence-corrected chi connectivity index (χ1v) is 12.0. The second-order valence-electron chi connectivity index (χ2n) is 9.23. The first-order chi connectivity index (χ1) is 17.3. The highest BCUT2D eigenvalue weighted by Gasteiger charge is 2.29. The second-order valence-corrected chi connectivity index (χ2v) is 9.23.